The molecule has 0 atom stereocenters. The van der Waals surface area contributed by atoms with Crippen LogP contribution in [-0.4, -0.2) is 5.78 Å². The Balaban J connectivity index is 2.34. The van der Waals surface area contributed by atoms with Crippen LogP contribution in [0, 0.1) is 11.8 Å². The summed E-state index contributed by atoms with van der Waals surface area (Å²) in [4.78, 5) is 12.1. The monoisotopic (exact) mass is 222 g/mol. The maximum absolute atomic E-state index is 12.1. The molecule has 1 nitrogen and oxygen atoms in total. The van der Waals surface area contributed by atoms with Gasteiger partial charge in [0.05, 0.1) is 0 Å². The summed E-state index contributed by atoms with van der Waals surface area (Å²) in [5.74, 6) is 5.91. The molecule has 0 saturated carbocycles. The quantitative estimate of drug-likeness (QED) is 0.570. The normalized spacial score (nSPS) is 9.71. The highest BCUT2D eigenvalue weighted by molar-refractivity contribution is 6.08. The van der Waals surface area contributed by atoms with Gasteiger partial charge < -0.3 is 0 Å². The highest BCUT2D eigenvalue weighted by Gasteiger charge is 2.08. The molecule has 0 unspecified atom stereocenters. The average Bonchev–Trinajstić information content (AvgIpc) is 2.38. The maximum Gasteiger partial charge on any atom is 0.164 e. The topological polar surface area (TPSA) is 17.1 Å². The largest absolute Gasteiger partial charge is 0.294 e. The molecule has 2 aromatic carbocycles. The summed E-state index contributed by atoms with van der Waals surface area (Å²) in [6.07, 6.45) is 1.13. The molecule has 0 aromatic heterocycles. The summed E-state index contributed by atoms with van der Waals surface area (Å²) >= 11 is 0. The number of carbonyl (C=O) groups excluding carboxylic acids is 1. The Bertz CT molecular complexity index is 594. The summed E-state index contributed by atoms with van der Waals surface area (Å²) in [6, 6.07) is 13.8. The zero-order valence-electron chi connectivity index (χ0n) is 9.86. The minimum Gasteiger partial charge on any atom is -0.294 e. The van der Waals surface area contributed by atoms with E-state index in [9.17, 15) is 4.79 Å². The Morgan fingerprint density at radius 3 is 2.71 bits per heavy atom. The van der Waals surface area contributed by atoms with E-state index in [1.54, 1.807) is 6.92 Å². The van der Waals surface area contributed by atoms with E-state index in [1.807, 2.05) is 42.5 Å². The Kier molecular flexibility index (Phi) is 3.57. The summed E-state index contributed by atoms with van der Waals surface area (Å²) in [5.41, 5.74) is 0.806. The number of hydrogen-bond acceptors (Lipinski definition) is 1. The van der Waals surface area contributed by atoms with Gasteiger partial charge in [-0.3, -0.25) is 4.79 Å². The van der Waals surface area contributed by atoms with Gasteiger partial charge in [0.2, 0.25) is 0 Å². The third-order valence-electron chi connectivity index (χ3n) is 2.74. The number of ketones is 1. The highest BCUT2D eigenvalue weighted by Crippen LogP contribution is 2.20. The van der Waals surface area contributed by atoms with E-state index in [0.29, 0.717) is 12.8 Å². The predicted octanol–water partition coefficient (Wildman–Crippen LogP) is 3.83. The lowest BCUT2D eigenvalue weighted by Crippen LogP contribution is -1.99. The highest BCUT2D eigenvalue weighted by atomic mass is 16.1. The zero-order valence-corrected chi connectivity index (χ0v) is 9.86. The summed E-state index contributed by atoms with van der Waals surface area (Å²) in [7, 11) is 0. The first-order chi connectivity index (χ1) is 8.33. The van der Waals surface area contributed by atoms with Crippen LogP contribution in [0.1, 0.15) is 30.1 Å². The van der Waals surface area contributed by atoms with Gasteiger partial charge in [0.1, 0.15) is 0 Å². The van der Waals surface area contributed by atoms with Crippen LogP contribution in [0.5, 0.6) is 0 Å². The van der Waals surface area contributed by atoms with Crippen molar-refractivity contribution < 1.29 is 4.79 Å². The summed E-state index contributed by atoms with van der Waals surface area (Å²) < 4.78 is 0. The molecule has 0 spiro atoms. The van der Waals surface area contributed by atoms with Crippen LogP contribution in [0.15, 0.2) is 42.5 Å². The van der Waals surface area contributed by atoms with Crippen molar-refractivity contribution in [3.05, 3.63) is 48.0 Å². The second-order valence-electron chi connectivity index (χ2n) is 3.88. The molecule has 84 valence electrons. The second kappa shape index (κ2) is 5.32. The fourth-order valence-electron chi connectivity index (χ4n) is 1.90. The Labute approximate surface area is 101 Å². The Morgan fingerprint density at radius 2 is 1.88 bits per heavy atom. The molecule has 2 rings (SSSR count). The Hall–Kier alpha value is -2.07. The number of hydrogen-bond donors (Lipinski definition) is 0. The maximum atomic E-state index is 12.1. The molecule has 0 radical (unpaired) electrons. The SMILES string of the molecule is CC#CCCC(=O)c1cccc2ccccc12. The molecule has 0 aliphatic rings. The van der Waals surface area contributed by atoms with Gasteiger partial charge in [-0.1, -0.05) is 42.5 Å². The van der Waals surface area contributed by atoms with Gasteiger partial charge in [-0.2, -0.15) is 0 Å². The van der Waals surface area contributed by atoms with Gasteiger partial charge in [-0.05, 0) is 17.7 Å². The first kappa shape index (κ1) is 11.4. The minimum atomic E-state index is 0.171. The molecule has 0 bridgehead atoms. The van der Waals surface area contributed by atoms with Crippen molar-refractivity contribution >= 4 is 16.6 Å². The number of Topliss-reactive ketones (excluding diaryl/α,β-unsaturated/α-hetero) is 1. The van der Waals surface area contributed by atoms with Gasteiger partial charge in [-0.15, -0.1) is 11.8 Å². The fraction of sp³-hybridized carbons (Fsp3) is 0.188. The van der Waals surface area contributed by atoms with Crippen LogP contribution >= 0.6 is 0 Å². The molecule has 0 fully saturated rings. The van der Waals surface area contributed by atoms with Gasteiger partial charge in [0.25, 0.3) is 0 Å². The molecule has 0 aliphatic carbocycles. The van der Waals surface area contributed by atoms with Crippen LogP contribution in [0.4, 0.5) is 0 Å². The van der Waals surface area contributed by atoms with Gasteiger partial charge >= 0.3 is 0 Å². The van der Waals surface area contributed by atoms with Crippen LogP contribution in [0.25, 0.3) is 10.8 Å². The van der Waals surface area contributed by atoms with Crippen molar-refractivity contribution in [3.8, 4) is 11.8 Å². The molecular weight excluding hydrogens is 208 g/mol. The first-order valence-electron chi connectivity index (χ1n) is 5.73. The average molecular weight is 222 g/mol. The molecule has 0 aliphatic heterocycles. The molecule has 0 heterocycles. The van der Waals surface area contributed by atoms with E-state index >= 15 is 0 Å². The number of rotatable bonds is 3. The van der Waals surface area contributed by atoms with E-state index in [0.717, 1.165) is 16.3 Å². The Morgan fingerprint density at radius 1 is 1.12 bits per heavy atom. The van der Waals surface area contributed by atoms with Crippen molar-refractivity contribution in [2.24, 2.45) is 0 Å². The lowest BCUT2D eigenvalue weighted by molar-refractivity contribution is 0.0986. The van der Waals surface area contributed by atoms with Crippen molar-refractivity contribution in [3.63, 3.8) is 0 Å². The third kappa shape index (κ3) is 2.54. The van der Waals surface area contributed by atoms with Crippen molar-refractivity contribution in [1.82, 2.24) is 0 Å². The number of benzene rings is 2. The van der Waals surface area contributed by atoms with Gasteiger partial charge in [0.15, 0.2) is 5.78 Å². The van der Waals surface area contributed by atoms with Crippen LogP contribution < -0.4 is 0 Å². The van der Waals surface area contributed by atoms with Gasteiger partial charge in [-0.25, -0.2) is 0 Å². The lowest BCUT2D eigenvalue weighted by atomic mass is 9.99. The van der Waals surface area contributed by atoms with E-state index in [-0.39, 0.29) is 5.78 Å². The minimum absolute atomic E-state index is 0.171. The molecule has 0 N–H and O–H groups in total. The lowest BCUT2D eigenvalue weighted by Gasteiger charge is -2.04. The van der Waals surface area contributed by atoms with E-state index in [2.05, 4.69) is 11.8 Å². The number of carbonyl (C=O) groups is 1. The van der Waals surface area contributed by atoms with Crippen LogP contribution in [0.3, 0.4) is 0 Å². The van der Waals surface area contributed by atoms with Crippen LogP contribution in [-0.2, 0) is 0 Å². The zero-order chi connectivity index (χ0) is 12.1. The molecular formula is C16H14O. The smallest absolute Gasteiger partial charge is 0.164 e. The summed E-state index contributed by atoms with van der Waals surface area (Å²) in [6.45, 7) is 1.79. The standard InChI is InChI=1S/C16H14O/c1-2-3-4-12-16(17)15-11-7-9-13-8-5-6-10-14(13)15/h5-11H,4,12H2,1H3. The summed E-state index contributed by atoms with van der Waals surface area (Å²) in [5, 5.41) is 2.14. The van der Waals surface area contributed by atoms with Crippen molar-refractivity contribution in [1.29, 1.82) is 0 Å². The molecule has 0 amide bonds. The molecule has 2 aromatic rings. The first-order valence-corrected chi connectivity index (χ1v) is 5.73. The predicted molar refractivity (Wildman–Crippen MR) is 71.0 cm³/mol. The van der Waals surface area contributed by atoms with E-state index in [4.69, 9.17) is 0 Å². The van der Waals surface area contributed by atoms with Crippen molar-refractivity contribution in [2.75, 3.05) is 0 Å². The molecule has 0 saturated heterocycles. The van der Waals surface area contributed by atoms with Crippen LogP contribution in [0.2, 0.25) is 0 Å². The van der Waals surface area contributed by atoms with Crippen molar-refractivity contribution in [2.45, 2.75) is 19.8 Å². The molecule has 1 heteroatoms. The second-order valence-corrected chi connectivity index (χ2v) is 3.88. The molecule has 17 heavy (non-hydrogen) atoms. The fourth-order valence-corrected chi connectivity index (χ4v) is 1.90. The third-order valence-corrected chi connectivity index (χ3v) is 2.74. The van der Waals surface area contributed by atoms with E-state index < -0.39 is 0 Å². The van der Waals surface area contributed by atoms with Gasteiger partial charge in [0, 0.05) is 18.4 Å². The van der Waals surface area contributed by atoms with E-state index in [1.165, 1.54) is 0 Å². The number of fused-ring (bicyclic) bond motifs is 1.